The van der Waals surface area contributed by atoms with E-state index in [1.165, 1.54) is 38.5 Å². The average molecular weight is 460 g/mol. The SMILES string of the molecule is CN=C(NCC(c1ccco1)N1CCCC1)NC1CCC(C)CC1.I. The van der Waals surface area contributed by atoms with Gasteiger partial charge in [-0.3, -0.25) is 9.89 Å². The van der Waals surface area contributed by atoms with Gasteiger partial charge in [-0.1, -0.05) is 6.92 Å². The molecule has 1 unspecified atom stereocenters. The third-order valence-corrected chi connectivity index (χ3v) is 5.50. The van der Waals surface area contributed by atoms with Gasteiger partial charge in [0.05, 0.1) is 12.3 Å². The number of nitrogens with one attached hydrogen (secondary N) is 2. The molecule has 5 nitrogen and oxygen atoms in total. The molecular weight excluding hydrogens is 427 g/mol. The summed E-state index contributed by atoms with van der Waals surface area (Å²) in [7, 11) is 1.86. The van der Waals surface area contributed by atoms with Crippen LogP contribution in [0, 0.1) is 5.92 Å². The largest absolute Gasteiger partial charge is 0.468 e. The van der Waals surface area contributed by atoms with Crippen molar-refractivity contribution < 1.29 is 4.42 Å². The Kier molecular flexibility index (Phi) is 8.55. The van der Waals surface area contributed by atoms with Gasteiger partial charge < -0.3 is 15.1 Å². The molecule has 1 atom stereocenters. The normalized spacial score (nSPS) is 26.1. The van der Waals surface area contributed by atoms with Crippen LogP contribution < -0.4 is 10.6 Å². The van der Waals surface area contributed by atoms with E-state index in [0.29, 0.717) is 6.04 Å². The van der Waals surface area contributed by atoms with Gasteiger partial charge in [-0.15, -0.1) is 24.0 Å². The van der Waals surface area contributed by atoms with Crippen LogP contribution in [0.4, 0.5) is 0 Å². The van der Waals surface area contributed by atoms with Crippen molar-refractivity contribution in [1.82, 2.24) is 15.5 Å². The van der Waals surface area contributed by atoms with E-state index in [0.717, 1.165) is 37.3 Å². The molecule has 0 bridgehead atoms. The van der Waals surface area contributed by atoms with Crippen molar-refractivity contribution in [2.45, 2.75) is 57.5 Å². The van der Waals surface area contributed by atoms with E-state index >= 15 is 0 Å². The van der Waals surface area contributed by atoms with Gasteiger partial charge in [-0.05, 0) is 69.7 Å². The molecule has 3 rings (SSSR count). The Morgan fingerprint density at radius 3 is 2.60 bits per heavy atom. The van der Waals surface area contributed by atoms with E-state index < -0.39 is 0 Å². The lowest BCUT2D eigenvalue weighted by Crippen LogP contribution is -2.47. The maximum Gasteiger partial charge on any atom is 0.191 e. The van der Waals surface area contributed by atoms with E-state index in [9.17, 15) is 0 Å². The lowest BCUT2D eigenvalue weighted by Gasteiger charge is -2.30. The molecule has 6 heteroatoms. The quantitative estimate of drug-likeness (QED) is 0.399. The molecule has 0 aromatic carbocycles. The fourth-order valence-corrected chi connectivity index (χ4v) is 3.93. The highest BCUT2D eigenvalue weighted by atomic mass is 127. The van der Waals surface area contributed by atoms with Crippen LogP contribution in [0.1, 0.15) is 57.3 Å². The molecule has 2 heterocycles. The minimum atomic E-state index is 0. The highest BCUT2D eigenvalue weighted by Gasteiger charge is 2.26. The average Bonchev–Trinajstić information content (AvgIpc) is 3.30. The van der Waals surface area contributed by atoms with Crippen molar-refractivity contribution in [3.05, 3.63) is 24.2 Å². The number of guanidine groups is 1. The molecule has 2 aliphatic rings. The molecule has 2 N–H and O–H groups in total. The second-order valence-electron chi connectivity index (χ2n) is 7.33. The van der Waals surface area contributed by atoms with Gasteiger partial charge in [-0.2, -0.15) is 0 Å². The zero-order valence-electron chi connectivity index (χ0n) is 15.5. The van der Waals surface area contributed by atoms with Crippen LogP contribution >= 0.6 is 24.0 Å². The summed E-state index contributed by atoms with van der Waals surface area (Å²) >= 11 is 0. The predicted molar refractivity (Wildman–Crippen MR) is 114 cm³/mol. The van der Waals surface area contributed by atoms with Gasteiger partial charge in [0.1, 0.15) is 5.76 Å². The van der Waals surface area contributed by atoms with Gasteiger partial charge in [0.2, 0.25) is 0 Å². The van der Waals surface area contributed by atoms with E-state index in [1.54, 1.807) is 6.26 Å². The molecule has 0 spiro atoms. The Balaban J connectivity index is 0.00000225. The van der Waals surface area contributed by atoms with Crippen LogP contribution in [-0.4, -0.2) is 43.6 Å². The molecule has 1 aliphatic heterocycles. The van der Waals surface area contributed by atoms with E-state index in [1.807, 2.05) is 13.1 Å². The fourth-order valence-electron chi connectivity index (χ4n) is 3.93. The van der Waals surface area contributed by atoms with E-state index in [4.69, 9.17) is 4.42 Å². The molecular formula is C19H33IN4O. The van der Waals surface area contributed by atoms with Gasteiger partial charge in [-0.25, -0.2) is 0 Å². The Hall–Kier alpha value is -0.760. The molecule has 1 saturated heterocycles. The summed E-state index contributed by atoms with van der Waals surface area (Å²) < 4.78 is 5.69. The number of likely N-dealkylation sites (tertiary alicyclic amines) is 1. The Morgan fingerprint density at radius 1 is 1.28 bits per heavy atom. The number of furan rings is 1. The van der Waals surface area contributed by atoms with Crippen molar-refractivity contribution in [1.29, 1.82) is 0 Å². The molecule has 1 saturated carbocycles. The van der Waals surface area contributed by atoms with Crippen molar-refractivity contribution in [3.8, 4) is 0 Å². The Bertz CT molecular complexity index is 506. The summed E-state index contributed by atoms with van der Waals surface area (Å²) in [5.74, 6) is 2.84. The highest BCUT2D eigenvalue weighted by Crippen LogP contribution is 2.25. The summed E-state index contributed by atoms with van der Waals surface area (Å²) in [5.41, 5.74) is 0. The van der Waals surface area contributed by atoms with Crippen LogP contribution in [0.15, 0.2) is 27.8 Å². The zero-order chi connectivity index (χ0) is 16.8. The van der Waals surface area contributed by atoms with Crippen LogP contribution in [0.3, 0.4) is 0 Å². The van der Waals surface area contributed by atoms with Gasteiger partial charge in [0.15, 0.2) is 5.96 Å². The number of nitrogens with zero attached hydrogens (tertiary/aromatic N) is 2. The number of halogens is 1. The third-order valence-electron chi connectivity index (χ3n) is 5.50. The van der Waals surface area contributed by atoms with Gasteiger partial charge >= 0.3 is 0 Å². The maximum absolute atomic E-state index is 5.69. The number of hydrogen-bond donors (Lipinski definition) is 2. The first-order valence-corrected chi connectivity index (χ1v) is 9.51. The first kappa shape index (κ1) is 20.6. The molecule has 2 fully saturated rings. The lowest BCUT2D eigenvalue weighted by atomic mass is 9.87. The molecule has 25 heavy (non-hydrogen) atoms. The second-order valence-corrected chi connectivity index (χ2v) is 7.33. The van der Waals surface area contributed by atoms with Crippen LogP contribution in [0.5, 0.6) is 0 Å². The summed E-state index contributed by atoms with van der Waals surface area (Å²) in [4.78, 5) is 6.94. The first-order chi connectivity index (χ1) is 11.8. The van der Waals surface area contributed by atoms with Crippen molar-refractivity contribution >= 4 is 29.9 Å². The topological polar surface area (TPSA) is 52.8 Å². The lowest BCUT2D eigenvalue weighted by molar-refractivity contribution is 0.215. The van der Waals surface area contributed by atoms with Crippen molar-refractivity contribution in [2.24, 2.45) is 10.9 Å². The third kappa shape index (κ3) is 5.88. The van der Waals surface area contributed by atoms with Crippen molar-refractivity contribution in [2.75, 3.05) is 26.7 Å². The number of aliphatic imine (C=N–C) groups is 1. The number of rotatable bonds is 5. The maximum atomic E-state index is 5.69. The smallest absolute Gasteiger partial charge is 0.191 e. The van der Waals surface area contributed by atoms with Crippen LogP contribution in [0.2, 0.25) is 0 Å². The molecule has 142 valence electrons. The minimum Gasteiger partial charge on any atom is -0.468 e. The minimum absolute atomic E-state index is 0. The predicted octanol–water partition coefficient (Wildman–Crippen LogP) is 3.78. The van der Waals surface area contributed by atoms with E-state index in [-0.39, 0.29) is 30.0 Å². The molecule has 1 aromatic heterocycles. The first-order valence-electron chi connectivity index (χ1n) is 9.51. The molecule has 1 aromatic rings. The standard InChI is InChI=1S/C19H32N4O.HI/c1-15-7-9-16(10-8-15)22-19(20-2)21-14-17(18-6-5-13-24-18)23-11-3-4-12-23;/h5-6,13,15-17H,3-4,7-12,14H2,1-2H3,(H2,20,21,22);1H. The molecule has 0 radical (unpaired) electrons. The van der Waals surface area contributed by atoms with Gasteiger partial charge in [0, 0.05) is 19.6 Å². The summed E-state index contributed by atoms with van der Waals surface area (Å²) in [5, 5.41) is 7.14. The molecule has 1 aliphatic carbocycles. The summed E-state index contributed by atoms with van der Waals surface area (Å²) in [6.07, 6.45) is 9.46. The fraction of sp³-hybridized carbons (Fsp3) is 0.737. The van der Waals surface area contributed by atoms with Gasteiger partial charge in [0.25, 0.3) is 0 Å². The van der Waals surface area contributed by atoms with Crippen molar-refractivity contribution in [3.63, 3.8) is 0 Å². The monoisotopic (exact) mass is 460 g/mol. The zero-order valence-corrected chi connectivity index (χ0v) is 17.9. The Labute approximate surface area is 169 Å². The number of hydrogen-bond acceptors (Lipinski definition) is 3. The highest BCUT2D eigenvalue weighted by molar-refractivity contribution is 14.0. The second kappa shape index (κ2) is 10.4. The molecule has 0 amide bonds. The van der Waals surface area contributed by atoms with Crippen LogP contribution in [-0.2, 0) is 0 Å². The van der Waals surface area contributed by atoms with Crippen LogP contribution in [0.25, 0.3) is 0 Å². The Morgan fingerprint density at radius 2 is 2.00 bits per heavy atom. The summed E-state index contributed by atoms with van der Waals surface area (Å²) in [6, 6.07) is 4.91. The summed E-state index contributed by atoms with van der Waals surface area (Å²) in [6.45, 7) is 5.49. The van der Waals surface area contributed by atoms with E-state index in [2.05, 4.69) is 33.5 Å².